The van der Waals surface area contributed by atoms with Crippen LogP contribution >= 0.6 is 0 Å². The number of carbonyl (C=O) groups is 3. The highest BCUT2D eigenvalue weighted by Crippen LogP contribution is 2.36. The van der Waals surface area contributed by atoms with E-state index >= 15 is 0 Å². The summed E-state index contributed by atoms with van der Waals surface area (Å²) in [4.78, 5) is 35.8. The van der Waals surface area contributed by atoms with Gasteiger partial charge in [0.2, 0.25) is 0 Å². The highest BCUT2D eigenvalue weighted by molar-refractivity contribution is 5.91. The molecule has 1 aromatic heterocycles. The van der Waals surface area contributed by atoms with Gasteiger partial charge in [0.05, 0.1) is 12.7 Å². The quantitative estimate of drug-likeness (QED) is 0.304. The second kappa shape index (κ2) is 11.9. The van der Waals surface area contributed by atoms with Crippen molar-refractivity contribution in [2.75, 3.05) is 19.0 Å². The topological polar surface area (TPSA) is 152 Å². The maximum absolute atomic E-state index is 12.4. The number of hydrogen-bond acceptors (Lipinski definition) is 8. The molecule has 1 saturated carbocycles. The molecule has 2 amide bonds. The minimum absolute atomic E-state index is 0.0227. The van der Waals surface area contributed by atoms with Gasteiger partial charge in [-0.15, -0.1) is 0 Å². The molecule has 0 spiro atoms. The molecule has 0 unspecified atom stereocenters. The molecular formula is C26H28N4O7. The fourth-order valence-corrected chi connectivity index (χ4v) is 4.17. The number of phenolic OH excluding ortho intramolecular Hbond substituents is 1. The predicted octanol–water partition coefficient (Wildman–Crippen LogP) is 3.52. The predicted molar refractivity (Wildman–Crippen MR) is 133 cm³/mol. The van der Waals surface area contributed by atoms with Crippen molar-refractivity contribution < 1.29 is 33.7 Å². The number of nitrogens with one attached hydrogen (secondary N) is 3. The van der Waals surface area contributed by atoms with Gasteiger partial charge in [-0.2, -0.15) is 5.10 Å². The third-order valence-corrected chi connectivity index (χ3v) is 6.05. The number of hydrogen-bond donors (Lipinski definition) is 4. The van der Waals surface area contributed by atoms with E-state index in [9.17, 15) is 19.5 Å². The summed E-state index contributed by atoms with van der Waals surface area (Å²) in [5.74, 6) is -0.0828. The number of phenols is 1. The molecule has 1 aliphatic carbocycles. The van der Waals surface area contributed by atoms with Crippen LogP contribution in [0.5, 0.6) is 17.2 Å². The Labute approximate surface area is 213 Å². The molecule has 0 radical (unpaired) electrons. The molecule has 11 nitrogen and oxygen atoms in total. The summed E-state index contributed by atoms with van der Waals surface area (Å²) in [6, 6.07) is 14.0. The van der Waals surface area contributed by atoms with Crippen LogP contribution in [0, 0.1) is 0 Å². The Bertz CT molecular complexity index is 1240. The van der Waals surface area contributed by atoms with Gasteiger partial charge in [-0.1, -0.05) is 30.3 Å². The van der Waals surface area contributed by atoms with E-state index in [1.807, 2.05) is 30.3 Å². The second-order valence-electron chi connectivity index (χ2n) is 8.60. The van der Waals surface area contributed by atoms with E-state index in [1.165, 1.54) is 19.2 Å². The number of rotatable bonds is 10. The normalized spacial score (nSPS) is 16.6. The van der Waals surface area contributed by atoms with E-state index < -0.39 is 18.6 Å². The number of carbonyl (C=O) groups excluding carboxylic acids is 3. The Morgan fingerprint density at radius 1 is 1.19 bits per heavy atom. The number of aromatic nitrogens is 2. The van der Waals surface area contributed by atoms with Gasteiger partial charge in [0.15, 0.2) is 18.7 Å². The average molecular weight is 509 g/mol. The van der Waals surface area contributed by atoms with Crippen LogP contribution in [0.3, 0.4) is 0 Å². The van der Waals surface area contributed by atoms with Gasteiger partial charge < -0.3 is 30.0 Å². The van der Waals surface area contributed by atoms with Gasteiger partial charge in [-0.3, -0.25) is 14.7 Å². The molecule has 2 aromatic carbocycles. The second-order valence-corrected chi connectivity index (χ2v) is 8.60. The lowest BCUT2D eigenvalue weighted by Gasteiger charge is -2.13. The number of anilines is 1. The molecule has 194 valence electrons. The molecule has 2 atom stereocenters. The molecule has 1 aliphatic rings. The minimum Gasteiger partial charge on any atom is -0.507 e. The Kier molecular flexibility index (Phi) is 8.24. The summed E-state index contributed by atoms with van der Waals surface area (Å²) in [6.07, 6.45) is 1.96. The first-order valence-corrected chi connectivity index (χ1v) is 11.8. The number of aldehydes is 1. The number of benzene rings is 2. The van der Waals surface area contributed by atoms with Gasteiger partial charge in [0.25, 0.3) is 5.91 Å². The highest BCUT2D eigenvalue weighted by atomic mass is 16.6. The molecule has 0 aliphatic heterocycles. The first-order valence-electron chi connectivity index (χ1n) is 11.8. The van der Waals surface area contributed by atoms with Crippen molar-refractivity contribution in [2.45, 2.75) is 37.8 Å². The summed E-state index contributed by atoms with van der Waals surface area (Å²) in [7, 11) is 1.40. The third-order valence-electron chi connectivity index (χ3n) is 6.05. The fraction of sp³-hybridized carbons (Fsp3) is 0.308. The molecule has 4 N–H and O–H groups in total. The van der Waals surface area contributed by atoms with Crippen LogP contribution in [0.25, 0.3) is 0 Å². The zero-order chi connectivity index (χ0) is 26.2. The van der Waals surface area contributed by atoms with E-state index in [2.05, 4.69) is 20.8 Å². The number of alkyl carbamates (subject to hydrolysis) is 1. The van der Waals surface area contributed by atoms with Crippen molar-refractivity contribution in [3.63, 3.8) is 0 Å². The van der Waals surface area contributed by atoms with Crippen LogP contribution in [0.4, 0.5) is 10.6 Å². The Morgan fingerprint density at radius 3 is 2.76 bits per heavy atom. The van der Waals surface area contributed by atoms with Gasteiger partial charge >= 0.3 is 6.09 Å². The van der Waals surface area contributed by atoms with Gasteiger partial charge in [-0.05, 0) is 24.8 Å². The van der Waals surface area contributed by atoms with E-state index in [0.29, 0.717) is 25.1 Å². The number of methoxy groups -OCH3 is 1. The fourth-order valence-electron chi connectivity index (χ4n) is 4.17. The van der Waals surface area contributed by atoms with Gasteiger partial charge in [0, 0.05) is 36.4 Å². The number of ether oxygens (including phenoxy) is 3. The highest BCUT2D eigenvalue weighted by Gasteiger charge is 2.30. The lowest BCUT2D eigenvalue weighted by molar-refractivity contribution is -0.118. The summed E-state index contributed by atoms with van der Waals surface area (Å²) in [5, 5.41) is 22.4. The average Bonchev–Trinajstić information content (AvgIpc) is 3.56. The van der Waals surface area contributed by atoms with Crippen molar-refractivity contribution >= 4 is 24.1 Å². The number of amides is 2. The van der Waals surface area contributed by atoms with Crippen molar-refractivity contribution in [1.82, 2.24) is 15.5 Å². The van der Waals surface area contributed by atoms with Crippen LogP contribution < -0.4 is 20.1 Å². The van der Waals surface area contributed by atoms with Crippen LogP contribution in [-0.2, 0) is 16.1 Å². The monoisotopic (exact) mass is 508 g/mol. The minimum atomic E-state index is -0.500. The molecule has 3 aromatic rings. The number of nitrogens with zero attached hydrogens (tertiary/aromatic N) is 1. The van der Waals surface area contributed by atoms with E-state index in [1.54, 1.807) is 6.07 Å². The van der Waals surface area contributed by atoms with Crippen LogP contribution in [0.1, 0.15) is 46.8 Å². The standard InChI is InChI=1S/C26H28N4O7/c1-35-19-10-22(32)20(14-31)23(11-19)36-15-25(33)28-24-12-21(29-30-24)17-7-8-18(9-17)37-26(34)27-13-16-5-3-2-4-6-16/h2-6,10-12,14,17-18,32H,7-9,13,15H2,1H3,(H,27,34)(H2,28,29,30,33)/t17-,18+/m0/s1. The zero-order valence-corrected chi connectivity index (χ0v) is 20.2. The van der Waals surface area contributed by atoms with Crippen molar-refractivity contribution in [1.29, 1.82) is 0 Å². The summed E-state index contributed by atoms with van der Waals surface area (Å²) >= 11 is 0. The first-order chi connectivity index (χ1) is 17.9. The van der Waals surface area contributed by atoms with E-state index in [-0.39, 0.29) is 34.8 Å². The molecule has 1 heterocycles. The third kappa shape index (κ3) is 6.78. The van der Waals surface area contributed by atoms with Gasteiger partial charge in [-0.25, -0.2) is 4.79 Å². The summed E-state index contributed by atoms with van der Waals surface area (Å²) in [5.41, 5.74) is 1.74. The number of aromatic amines is 1. The molecule has 0 saturated heterocycles. The maximum atomic E-state index is 12.4. The summed E-state index contributed by atoms with van der Waals surface area (Å²) < 4.78 is 16.0. The van der Waals surface area contributed by atoms with Crippen molar-refractivity contribution in [3.8, 4) is 17.2 Å². The number of H-pyrrole nitrogens is 1. The largest absolute Gasteiger partial charge is 0.507 e. The zero-order valence-electron chi connectivity index (χ0n) is 20.2. The van der Waals surface area contributed by atoms with Crippen molar-refractivity contribution in [3.05, 3.63) is 65.4 Å². The Morgan fingerprint density at radius 2 is 2.00 bits per heavy atom. The number of aromatic hydroxyl groups is 1. The molecule has 37 heavy (non-hydrogen) atoms. The SMILES string of the molecule is COc1cc(O)c(C=O)c(OCC(=O)Nc2cc([C@H]3CC[C@@H](OC(=O)NCc4ccccc4)C3)[nH]n2)c1. The van der Waals surface area contributed by atoms with Crippen LogP contribution in [-0.4, -0.2) is 53.4 Å². The van der Waals surface area contributed by atoms with Crippen LogP contribution in [0.2, 0.25) is 0 Å². The Balaban J connectivity index is 1.24. The smallest absolute Gasteiger partial charge is 0.407 e. The lowest BCUT2D eigenvalue weighted by Crippen LogP contribution is -2.27. The summed E-state index contributed by atoms with van der Waals surface area (Å²) in [6.45, 7) is -0.00828. The Hall–Kier alpha value is -4.54. The maximum Gasteiger partial charge on any atom is 0.407 e. The lowest BCUT2D eigenvalue weighted by atomic mass is 10.0. The van der Waals surface area contributed by atoms with Gasteiger partial charge in [0.1, 0.15) is 23.4 Å². The van der Waals surface area contributed by atoms with Crippen LogP contribution in [0.15, 0.2) is 48.5 Å². The molecule has 11 heteroatoms. The van der Waals surface area contributed by atoms with Crippen molar-refractivity contribution in [2.24, 2.45) is 0 Å². The molecular weight excluding hydrogens is 480 g/mol. The first kappa shape index (κ1) is 25.5. The van der Waals surface area contributed by atoms with E-state index in [4.69, 9.17) is 14.2 Å². The molecule has 4 rings (SSSR count). The molecule has 0 bridgehead atoms. The molecule has 1 fully saturated rings. The van der Waals surface area contributed by atoms with E-state index in [0.717, 1.165) is 24.1 Å².